The molecule has 0 bridgehead atoms. The second-order valence-electron chi connectivity index (χ2n) is 3.27. The summed E-state index contributed by atoms with van der Waals surface area (Å²) in [7, 11) is -3.56. The molecular weight excluding hydrogens is 234 g/mol. The molecule has 1 amide bonds. The van der Waals surface area contributed by atoms with Gasteiger partial charge in [-0.15, -0.1) is 0 Å². The quantitative estimate of drug-likeness (QED) is 0.797. The summed E-state index contributed by atoms with van der Waals surface area (Å²) < 4.78 is 33.7. The molecule has 1 aliphatic rings. The molecule has 0 fully saturated rings. The van der Waals surface area contributed by atoms with Crippen LogP contribution in [0.5, 0.6) is 11.5 Å². The van der Waals surface area contributed by atoms with E-state index in [1.54, 1.807) is 6.07 Å². The maximum Gasteiger partial charge on any atom is 0.264 e. The summed E-state index contributed by atoms with van der Waals surface area (Å²) >= 11 is 0. The number of carbonyl (C=O) groups is 1. The van der Waals surface area contributed by atoms with Crippen LogP contribution in [0, 0.1) is 0 Å². The maximum atomic E-state index is 11.5. The van der Waals surface area contributed by atoms with Gasteiger partial charge in [0.25, 0.3) is 5.91 Å². The first-order chi connectivity index (χ1) is 7.46. The summed E-state index contributed by atoms with van der Waals surface area (Å²) in [4.78, 5) is 11.5. The number of amides is 1. The SMILES string of the molecule is CS(=O)(=O)NC(=O)c1ccc2c(c1)OCO2. The van der Waals surface area contributed by atoms with Crippen molar-refractivity contribution in [1.82, 2.24) is 4.72 Å². The third-order valence-corrected chi connectivity index (χ3v) is 2.47. The van der Waals surface area contributed by atoms with Crippen LogP contribution in [0.3, 0.4) is 0 Å². The van der Waals surface area contributed by atoms with Crippen molar-refractivity contribution in [1.29, 1.82) is 0 Å². The highest BCUT2D eigenvalue weighted by Crippen LogP contribution is 2.32. The van der Waals surface area contributed by atoms with Crippen LogP contribution in [0.2, 0.25) is 0 Å². The summed E-state index contributed by atoms with van der Waals surface area (Å²) in [6.07, 6.45) is 0.915. The Bertz CT molecular complexity index is 537. The van der Waals surface area contributed by atoms with Gasteiger partial charge < -0.3 is 9.47 Å². The molecule has 1 aliphatic heterocycles. The zero-order chi connectivity index (χ0) is 11.8. The van der Waals surface area contributed by atoms with E-state index in [0.717, 1.165) is 6.26 Å². The van der Waals surface area contributed by atoms with Gasteiger partial charge in [-0.2, -0.15) is 0 Å². The monoisotopic (exact) mass is 243 g/mol. The van der Waals surface area contributed by atoms with E-state index < -0.39 is 15.9 Å². The van der Waals surface area contributed by atoms with Gasteiger partial charge in [-0.05, 0) is 18.2 Å². The number of hydrogen-bond donors (Lipinski definition) is 1. The topological polar surface area (TPSA) is 81.7 Å². The van der Waals surface area contributed by atoms with Gasteiger partial charge in [0.1, 0.15) is 0 Å². The van der Waals surface area contributed by atoms with Crippen molar-refractivity contribution in [3.63, 3.8) is 0 Å². The van der Waals surface area contributed by atoms with Gasteiger partial charge in [-0.3, -0.25) is 4.79 Å². The van der Waals surface area contributed by atoms with Gasteiger partial charge in [-0.25, -0.2) is 13.1 Å². The van der Waals surface area contributed by atoms with Crippen molar-refractivity contribution >= 4 is 15.9 Å². The van der Waals surface area contributed by atoms with E-state index in [1.165, 1.54) is 12.1 Å². The van der Waals surface area contributed by atoms with Gasteiger partial charge in [0.2, 0.25) is 16.8 Å². The van der Waals surface area contributed by atoms with E-state index in [2.05, 4.69) is 0 Å². The smallest absolute Gasteiger partial charge is 0.264 e. The van der Waals surface area contributed by atoms with Gasteiger partial charge in [0, 0.05) is 5.56 Å². The van der Waals surface area contributed by atoms with E-state index in [9.17, 15) is 13.2 Å². The number of hydrogen-bond acceptors (Lipinski definition) is 5. The molecule has 6 nitrogen and oxygen atoms in total. The molecule has 0 spiro atoms. The molecular formula is C9H9NO5S. The summed E-state index contributed by atoms with van der Waals surface area (Å²) in [6.45, 7) is 0.104. The lowest BCUT2D eigenvalue weighted by molar-refractivity contribution is 0.0981. The predicted molar refractivity (Wildman–Crippen MR) is 54.9 cm³/mol. The number of nitrogens with one attached hydrogen (secondary N) is 1. The summed E-state index contributed by atoms with van der Waals surface area (Å²) in [5.74, 6) is 0.276. The number of carbonyl (C=O) groups excluding carboxylic acids is 1. The molecule has 16 heavy (non-hydrogen) atoms. The Kier molecular flexibility index (Phi) is 2.47. The Morgan fingerprint density at radius 2 is 2.00 bits per heavy atom. The van der Waals surface area contributed by atoms with Gasteiger partial charge in [0.05, 0.1) is 6.26 Å². The molecule has 1 N–H and O–H groups in total. The lowest BCUT2D eigenvalue weighted by Gasteiger charge is -2.03. The lowest BCUT2D eigenvalue weighted by Crippen LogP contribution is -2.29. The summed E-state index contributed by atoms with van der Waals surface area (Å²) in [5, 5.41) is 0. The fraction of sp³-hybridized carbons (Fsp3) is 0.222. The number of sulfonamides is 1. The maximum absolute atomic E-state index is 11.5. The Hall–Kier alpha value is -1.76. The zero-order valence-electron chi connectivity index (χ0n) is 8.39. The van der Waals surface area contributed by atoms with Crippen molar-refractivity contribution in [2.75, 3.05) is 13.0 Å². The fourth-order valence-electron chi connectivity index (χ4n) is 1.27. The van der Waals surface area contributed by atoms with Crippen LogP contribution in [0.1, 0.15) is 10.4 Å². The molecule has 0 aromatic heterocycles. The molecule has 86 valence electrons. The van der Waals surface area contributed by atoms with Gasteiger partial charge >= 0.3 is 0 Å². The van der Waals surface area contributed by atoms with Crippen LogP contribution in [0.25, 0.3) is 0 Å². The number of ether oxygens (including phenoxy) is 2. The Labute approximate surface area is 92.2 Å². The zero-order valence-corrected chi connectivity index (χ0v) is 9.21. The minimum Gasteiger partial charge on any atom is -0.454 e. The average molecular weight is 243 g/mol. The number of benzene rings is 1. The Balaban J connectivity index is 2.25. The van der Waals surface area contributed by atoms with Crippen LogP contribution in [-0.4, -0.2) is 27.4 Å². The standard InChI is InChI=1S/C9H9NO5S/c1-16(12,13)10-9(11)6-2-3-7-8(4-6)15-5-14-7/h2-4H,5H2,1H3,(H,10,11). The van der Waals surface area contributed by atoms with Crippen LogP contribution in [-0.2, 0) is 10.0 Å². The van der Waals surface area contributed by atoms with Crippen LogP contribution >= 0.6 is 0 Å². The van der Waals surface area contributed by atoms with Crippen molar-refractivity contribution in [3.8, 4) is 11.5 Å². The molecule has 0 unspecified atom stereocenters. The van der Waals surface area contributed by atoms with Crippen molar-refractivity contribution in [2.45, 2.75) is 0 Å². The first-order valence-corrected chi connectivity index (χ1v) is 6.26. The molecule has 1 aromatic carbocycles. The fourth-order valence-corrected chi connectivity index (χ4v) is 1.72. The second-order valence-corrected chi connectivity index (χ2v) is 5.02. The van der Waals surface area contributed by atoms with E-state index in [4.69, 9.17) is 9.47 Å². The molecule has 0 saturated heterocycles. The van der Waals surface area contributed by atoms with Crippen LogP contribution in [0.15, 0.2) is 18.2 Å². The normalized spacial score (nSPS) is 13.6. The van der Waals surface area contributed by atoms with E-state index in [-0.39, 0.29) is 12.4 Å². The van der Waals surface area contributed by atoms with Crippen molar-refractivity contribution in [2.24, 2.45) is 0 Å². The molecule has 0 saturated carbocycles. The van der Waals surface area contributed by atoms with E-state index >= 15 is 0 Å². The molecule has 0 atom stereocenters. The largest absolute Gasteiger partial charge is 0.454 e. The lowest BCUT2D eigenvalue weighted by atomic mass is 10.2. The number of rotatable bonds is 2. The third kappa shape index (κ3) is 2.25. The van der Waals surface area contributed by atoms with E-state index in [0.29, 0.717) is 11.5 Å². The van der Waals surface area contributed by atoms with Crippen molar-refractivity contribution in [3.05, 3.63) is 23.8 Å². The third-order valence-electron chi connectivity index (χ3n) is 1.91. The minimum atomic E-state index is -3.56. The highest BCUT2D eigenvalue weighted by molar-refractivity contribution is 7.89. The minimum absolute atomic E-state index is 0.104. The van der Waals surface area contributed by atoms with Crippen LogP contribution in [0.4, 0.5) is 0 Å². The Morgan fingerprint density at radius 3 is 2.69 bits per heavy atom. The summed E-state index contributed by atoms with van der Waals surface area (Å²) in [5.41, 5.74) is 0.203. The summed E-state index contributed by atoms with van der Waals surface area (Å²) in [6, 6.07) is 4.45. The molecule has 0 aliphatic carbocycles. The Morgan fingerprint density at radius 1 is 1.31 bits per heavy atom. The molecule has 0 radical (unpaired) electrons. The second kappa shape index (κ2) is 3.67. The predicted octanol–water partition coefficient (Wildman–Crippen LogP) is 0.105. The van der Waals surface area contributed by atoms with Gasteiger partial charge in [0.15, 0.2) is 11.5 Å². The van der Waals surface area contributed by atoms with E-state index in [1.807, 2.05) is 4.72 Å². The molecule has 2 rings (SSSR count). The molecule has 7 heteroatoms. The van der Waals surface area contributed by atoms with Crippen molar-refractivity contribution < 1.29 is 22.7 Å². The highest BCUT2D eigenvalue weighted by atomic mass is 32.2. The van der Waals surface area contributed by atoms with Crippen LogP contribution < -0.4 is 14.2 Å². The first-order valence-electron chi connectivity index (χ1n) is 4.37. The number of fused-ring (bicyclic) bond motifs is 1. The molecule has 1 heterocycles. The average Bonchev–Trinajstić information content (AvgIpc) is 2.61. The van der Waals surface area contributed by atoms with Gasteiger partial charge in [-0.1, -0.05) is 0 Å². The molecule has 1 aromatic rings. The first kappa shape index (κ1) is 10.7. The highest BCUT2D eigenvalue weighted by Gasteiger charge is 2.17.